The van der Waals surface area contributed by atoms with Crippen LogP contribution in [0.25, 0.3) is 0 Å². The standard InChI is InChI=1S/C9H18N2O2.C5H10O2.C2H6/c1-9(2,3)13-8(12)11-6-4-10-5-7-11;1-3-4-7-5(2)6;1-2/h10H,4-7H2,1-3H3;3-4H2,1-2H3;1-2H3. The summed E-state index contributed by atoms with van der Waals surface area (Å²) in [5.74, 6) is -0.193. The Morgan fingerprint density at radius 1 is 1.14 bits per heavy atom. The molecule has 1 aliphatic rings. The van der Waals surface area contributed by atoms with Gasteiger partial charge in [0.25, 0.3) is 0 Å². The largest absolute Gasteiger partial charge is 0.466 e. The van der Waals surface area contributed by atoms with Crippen LogP contribution in [0.3, 0.4) is 0 Å². The Kier molecular flexibility index (Phi) is 14.0. The van der Waals surface area contributed by atoms with Crippen LogP contribution in [-0.2, 0) is 14.3 Å². The zero-order chi connectivity index (χ0) is 17.6. The molecule has 1 aliphatic heterocycles. The van der Waals surface area contributed by atoms with Gasteiger partial charge in [0.15, 0.2) is 0 Å². The van der Waals surface area contributed by atoms with Gasteiger partial charge in [-0.1, -0.05) is 20.8 Å². The van der Waals surface area contributed by atoms with Crippen molar-refractivity contribution < 1.29 is 19.1 Å². The molecule has 1 rings (SSSR count). The number of carbonyl (C=O) groups excluding carboxylic acids is 2. The summed E-state index contributed by atoms with van der Waals surface area (Å²) in [6.07, 6.45) is 0.702. The highest BCUT2D eigenvalue weighted by atomic mass is 16.6. The van der Waals surface area contributed by atoms with E-state index >= 15 is 0 Å². The van der Waals surface area contributed by atoms with Crippen LogP contribution in [-0.4, -0.2) is 55.3 Å². The van der Waals surface area contributed by atoms with E-state index in [2.05, 4.69) is 10.1 Å². The fraction of sp³-hybridized carbons (Fsp3) is 0.875. The molecule has 22 heavy (non-hydrogen) atoms. The van der Waals surface area contributed by atoms with Crippen LogP contribution >= 0.6 is 0 Å². The Hall–Kier alpha value is -1.30. The molecule has 1 fully saturated rings. The third kappa shape index (κ3) is 15.1. The fourth-order valence-corrected chi connectivity index (χ4v) is 1.42. The van der Waals surface area contributed by atoms with E-state index in [1.165, 1.54) is 6.92 Å². The number of piperazine rings is 1. The van der Waals surface area contributed by atoms with Crippen LogP contribution in [0, 0.1) is 0 Å². The lowest BCUT2D eigenvalue weighted by Crippen LogP contribution is -2.48. The minimum absolute atomic E-state index is 0.193. The molecule has 132 valence electrons. The second kappa shape index (κ2) is 13.4. The quantitative estimate of drug-likeness (QED) is 0.793. The molecule has 0 unspecified atom stereocenters. The van der Waals surface area contributed by atoms with Gasteiger partial charge >= 0.3 is 12.1 Å². The van der Waals surface area contributed by atoms with Gasteiger partial charge in [-0.25, -0.2) is 4.79 Å². The van der Waals surface area contributed by atoms with Crippen LogP contribution in [0.15, 0.2) is 0 Å². The first-order valence-electron chi connectivity index (χ1n) is 8.08. The topological polar surface area (TPSA) is 67.9 Å². The third-order valence-corrected chi connectivity index (χ3v) is 2.28. The van der Waals surface area contributed by atoms with Crippen LogP contribution in [0.1, 0.15) is 54.9 Å². The maximum Gasteiger partial charge on any atom is 0.410 e. The van der Waals surface area contributed by atoms with Gasteiger partial charge in [-0.05, 0) is 27.2 Å². The van der Waals surface area contributed by atoms with Gasteiger partial charge in [0, 0.05) is 33.1 Å². The van der Waals surface area contributed by atoms with E-state index < -0.39 is 0 Å². The molecule has 1 N–H and O–H groups in total. The van der Waals surface area contributed by atoms with Crippen molar-refractivity contribution >= 4 is 12.1 Å². The van der Waals surface area contributed by atoms with Gasteiger partial charge in [0.05, 0.1) is 6.61 Å². The van der Waals surface area contributed by atoms with Gasteiger partial charge in [-0.3, -0.25) is 4.79 Å². The van der Waals surface area contributed by atoms with Gasteiger partial charge in [-0.15, -0.1) is 0 Å². The molecule has 6 heteroatoms. The summed E-state index contributed by atoms with van der Waals surface area (Å²) in [5.41, 5.74) is -0.387. The van der Waals surface area contributed by atoms with Crippen LogP contribution in [0.5, 0.6) is 0 Å². The number of carbonyl (C=O) groups is 2. The summed E-state index contributed by atoms with van der Waals surface area (Å²) in [7, 11) is 0. The van der Waals surface area contributed by atoms with Gasteiger partial charge in [-0.2, -0.15) is 0 Å². The Bertz CT molecular complexity index is 295. The lowest BCUT2D eigenvalue weighted by atomic mass is 10.2. The molecular formula is C16H34N2O4. The van der Waals surface area contributed by atoms with Crippen molar-refractivity contribution in [1.29, 1.82) is 0 Å². The van der Waals surface area contributed by atoms with Crippen molar-refractivity contribution in [3.63, 3.8) is 0 Å². The molecule has 0 aromatic heterocycles. The number of rotatable bonds is 2. The highest BCUT2D eigenvalue weighted by Gasteiger charge is 2.22. The van der Waals surface area contributed by atoms with E-state index in [0.29, 0.717) is 6.61 Å². The maximum atomic E-state index is 11.5. The van der Waals surface area contributed by atoms with Crippen molar-refractivity contribution in [3.8, 4) is 0 Å². The number of amides is 1. The first-order chi connectivity index (χ1) is 10.3. The molecular weight excluding hydrogens is 284 g/mol. The third-order valence-electron chi connectivity index (χ3n) is 2.28. The summed E-state index contributed by atoms with van der Waals surface area (Å²) in [4.78, 5) is 23.2. The monoisotopic (exact) mass is 318 g/mol. The van der Waals surface area contributed by atoms with Crippen molar-refractivity contribution in [2.24, 2.45) is 0 Å². The lowest BCUT2D eigenvalue weighted by molar-refractivity contribution is -0.140. The molecule has 0 atom stereocenters. The van der Waals surface area contributed by atoms with Gasteiger partial charge < -0.3 is 19.7 Å². The molecule has 6 nitrogen and oxygen atoms in total. The molecule has 0 radical (unpaired) electrons. The molecule has 1 saturated heterocycles. The zero-order valence-electron chi connectivity index (χ0n) is 15.3. The Morgan fingerprint density at radius 3 is 1.95 bits per heavy atom. The summed E-state index contributed by atoms with van der Waals surface area (Å²) < 4.78 is 9.79. The molecule has 0 aromatic rings. The normalized spacial score (nSPS) is 13.9. The second-order valence-corrected chi connectivity index (χ2v) is 5.56. The van der Waals surface area contributed by atoms with Crippen molar-refractivity contribution in [2.75, 3.05) is 32.8 Å². The smallest absolute Gasteiger partial charge is 0.410 e. The Labute approximate surface area is 135 Å². The van der Waals surface area contributed by atoms with Crippen molar-refractivity contribution in [1.82, 2.24) is 10.2 Å². The summed E-state index contributed by atoms with van der Waals surface area (Å²) in [6.45, 7) is 16.8. The number of hydrogen-bond acceptors (Lipinski definition) is 5. The predicted molar refractivity (Wildman–Crippen MR) is 88.9 cm³/mol. The highest BCUT2D eigenvalue weighted by Crippen LogP contribution is 2.09. The number of esters is 1. The molecule has 0 spiro atoms. The number of hydrogen-bond donors (Lipinski definition) is 1. The maximum absolute atomic E-state index is 11.5. The van der Waals surface area contributed by atoms with Crippen LogP contribution < -0.4 is 5.32 Å². The average molecular weight is 318 g/mol. The van der Waals surface area contributed by atoms with Gasteiger partial charge in [0.2, 0.25) is 0 Å². The first-order valence-corrected chi connectivity index (χ1v) is 8.08. The minimum atomic E-state index is -0.387. The Balaban J connectivity index is 0. The van der Waals surface area contributed by atoms with Crippen molar-refractivity contribution in [2.45, 2.75) is 60.5 Å². The van der Waals surface area contributed by atoms with Crippen LogP contribution in [0.2, 0.25) is 0 Å². The first kappa shape index (κ1) is 23.0. The second-order valence-electron chi connectivity index (χ2n) is 5.56. The summed E-state index contributed by atoms with van der Waals surface area (Å²) in [5, 5.41) is 3.18. The molecule has 1 amide bonds. The molecule has 1 heterocycles. The summed E-state index contributed by atoms with van der Waals surface area (Å²) in [6, 6.07) is 0. The zero-order valence-corrected chi connectivity index (χ0v) is 15.3. The van der Waals surface area contributed by atoms with E-state index in [4.69, 9.17) is 4.74 Å². The average Bonchev–Trinajstić information content (AvgIpc) is 2.47. The predicted octanol–water partition coefficient (Wildman–Crippen LogP) is 2.81. The van der Waals surface area contributed by atoms with Crippen LogP contribution in [0.4, 0.5) is 4.79 Å². The van der Waals surface area contributed by atoms with E-state index in [1.807, 2.05) is 41.5 Å². The van der Waals surface area contributed by atoms with E-state index in [9.17, 15) is 9.59 Å². The fourth-order valence-electron chi connectivity index (χ4n) is 1.42. The lowest BCUT2D eigenvalue weighted by Gasteiger charge is -2.30. The molecule has 0 aromatic carbocycles. The van der Waals surface area contributed by atoms with E-state index in [1.54, 1.807) is 4.90 Å². The SMILES string of the molecule is CC.CC(C)(C)OC(=O)N1CCNCC1.CCCOC(C)=O. The van der Waals surface area contributed by atoms with E-state index in [0.717, 1.165) is 32.6 Å². The Morgan fingerprint density at radius 2 is 1.64 bits per heavy atom. The molecule has 0 bridgehead atoms. The van der Waals surface area contributed by atoms with E-state index in [-0.39, 0.29) is 17.7 Å². The summed E-state index contributed by atoms with van der Waals surface area (Å²) >= 11 is 0. The highest BCUT2D eigenvalue weighted by molar-refractivity contribution is 5.68. The number of ether oxygens (including phenoxy) is 2. The van der Waals surface area contributed by atoms with Gasteiger partial charge in [0.1, 0.15) is 5.60 Å². The molecule has 0 aliphatic carbocycles. The molecule has 0 saturated carbocycles. The number of nitrogens with one attached hydrogen (secondary N) is 1. The number of nitrogens with zero attached hydrogens (tertiary/aromatic N) is 1. The van der Waals surface area contributed by atoms with Crippen molar-refractivity contribution in [3.05, 3.63) is 0 Å². The minimum Gasteiger partial charge on any atom is -0.466 e.